The van der Waals surface area contributed by atoms with E-state index in [9.17, 15) is 14.4 Å². The van der Waals surface area contributed by atoms with Crippen molar-refractivity contribution in [3.63, 3.8) is 0 Å². The number of methoxy groups -OCH3 is 1. The summed E-state index contributed by atoms with van der Waals surface area (Å²) in [7, 11) is 1.51. The molecule has 1 aliphatic heterocycles. The first-order valence-electron chi connectivity index (χ1n) is 12.8. The van der Waals surface area contributed by atoms with Crippen LogP contribution in [0.1, 0.15) is 42.9 Å². The van der Waals surface area contributed by atoms with Crippen molar-refractivity contribution in [2.24, 2.45) is 0 Å². The molecule has 8 heteroatoms. The number of benzene rings is 3. The smallest absolute Gasteiger partial charge is 0.335 e. The van der Waals surface area contributed by atoms with E-state index in [1.807, 2.05) is 25.1 Å². The summed E-state index contributed by atoms with van der Waals surface area (Å²) in [5.41, 5.74) is 2.91. The molecule has 0 aromatic heterocycles. The minimum Gasteiger partial charge on any atom is -0.493 e. The molecule has 1 heterocycles. The highest BCUT2D eigenvalue weighted by atomic mass is 16.5. The number of ether oxygens (including phenoxy) is 3. The predicted molar refractivity (Wildman–Crippen MR) is 149 cm³/mol. The van der Waals surface area contributed by atoms with Crippen LogP contribution in [0.2, 0.25) is 0 Å². The molecule has 1 atom stereocenters. The number of nitrogens with zero attached hydrogens (tertiary/aromatic N) is 1. The van der Waals surface area contributed by atoms with Crippen LogP contribution in [0.3, 0.4) is 0 Å². The number of rotatable bonds is 10. The quantitative estimate of drug-likeness (QED) is 0.208. The van der Waals surface area contributed by atoms with Gasteiger partial charge in [0.05, 0.1) is 12.8 Å². The minimum atomic E-state index is -0.789. The average molecular weight is 529 g/mol. The normalized spacial score (nSPS) is 15.2. The van der Waals surface area contributed by atoms with Gasteiger partial charge in [0.25, 0.3) is 11.8 Å². The van der Waals surface area contributed by atoms with Crippen molar-refractivity contribution in [1.82, 2.24) is 5.32 Å². The zero-order valence-corrected chi connectivity index (χ0v) is 22.5. The number of nitrogens with one attached hydrogen (secondary N) is 1. The Morgan fingerprint density at radius 3 is 2.36 bits per heavy atom. The number of carbonyl (C=O) groups is 3. The molecule has 0 radical (unpaired) electrons. The summed E-state index contributed by atoms with van der Waals surface area (Å²) in [6.07, 6.45) is 2.51. The van der Waals surface area contributed by atoms with Crippen LogP contribution in [0.25, 0.3) is 6.08 Å². The van der Waals surface area contributed by atoms with Crippen molar-refractivity contribution in [2.45, 2.75) is 33.1 Å². The maximum atomic E-state index is 13.1. The van der Waals surface area contributed by atoms with Gasteiger partial charge in [-0.2, -0.15) is 0 Å². The third-order valence-corrected chi connectivity index (χ3v) is 6.53. The van der Waals surface area contributed by atoms with Crippen molar-refractivity contribution in [1.29, 1.82) is 0 Å². The van der Waals surface area contributed by atoms with E-state index in [-0.39, 0.29) is 5.57 Å². The molecule has 1 unspecified atom stereocenters. The van der Waals surface area contributed by atoms with Crippen molar-refractivity contribution < 1.29 is 28.6 Å². The van der Waals surface area contributed by atoms with Gasteiger partial charge in [-0.3, -0.25) is 14.9 Å². The predicted octanol–water partition coefficient (Wildman–Crippen LogP) is 5.64. The number of carbonyl (C=O) groups excluding carboxylic acids is 3. The third-order valence-electron chi connectivity index (χ3n) is 6.53. The highest BCUT2D eigenvalue weighted by Gasteiger charge is 2.36. The molecule has 4 amide bonds. The second kappa shape index (κ2) is 12.3. The van der Waals surface area contributed by atoms with Crippen LogP contribution < -0.4 is 24.4 Å². The van der Waals surface area contributed by atoms with Gasteiger partial charge in [-0.05, 0) is 78.4 Å². The minimum absolute atomic E-state index is 0.167. The molecule has 4 rings (SSSR count). The first-order chi connectivity index (χ1) is 18.8. The fourth-order valence-corrected chi connectivity index (χ4v) is 4.16. The Labute approximate surface area is 228 Å². The first-order valence-corrected chi connectivity index (χ1v) is 12.8. The van der Waals surface area contributed by atoms with E-state index in [0.29, 0.717) is 41.9 Å². The van der Waals surface area contributed by atoms with Crippen molar-refractivity contribution >= 4 is 29.6 Å². The zero-order chi connectivity index (χ0) is 27.9. The summed E-state index contributed by atoms with van der Waals surface area (Å²) >= 11 is 0. The maximum Gasteiger partial charge on any atom is 0.335 e. The van der Waals surface area contributed by atoms with E-state index >= 15 is 0 Å². The summed E-state index contributed by atoms with van der Waals surface area (Å²) in [4.78, 5) is 39.1. The molecule has 1 N–H and O–H groups in total. The molecule has 1 fully saturated rings. The summed E-state index contributed by atoms with van der Waals surface area (Å²) in [6.45, 7) is 6.85. The van der Waals surface area contributed by atoms with Crippen LogP contribution in [0.15, 0.2) is 72.3 Å². The Morgan fingerprint density at radius 1 is 0.923 bits per heavy atom. The Kier molecular flexibility index (Phi) is 8.66. The van der Waals surface area contributed by atoms with Crippen molar-refractivity contribution in [2.75, 3.05) is 25.2 Å². The summed E-state index contributed by atoms with van der Waals surface area (Å²) < 4.78 is 17.1. The SMILES string of the molecule is CCC(C)c1ccc(OCCOc2ccc(/C=C3/C(=O)NC(=O)N(c4cccc(C)c4)C3=O)cc2OC)cc1. The zero-order valence-electron chi connectivity index (χ0n) is 22.5. The summed E-state index contributed by atoms with van der Waals surface area (Å²) in [6, 6.07) is 19.3. The number of hydrogen-bond donors (Lipinski definition) is 1. The lowest BCUT2D eigenvalue weighted by Crippen LogP contribution is -2.54. The van der Waals surface area contributed by atoms with Crippen LogP contribution in [0.4, 0.5) is 10.5 Å². The Bertz CT molecular complexity index is 1400. The van der Waals surface area contributed by atoms with Gasteiger partial charge in [0.1, 0.15) is 24.5 Å². The van der Waals surface area contributed by atoms with E-state index < -0.39 is 17.8 Å². The highest BCUT2D eigenvalue weighted by molar-refractivity contribution is 6.39. The molecule has 0 aliphatic carbocycles. The van der Waals surface area contributed by atoms with E-state index in [2.05, 4.69) is 31.3 Å². The number of barbiturate groups is 1. The number of amides is 4. The number of aryl methyl sites for hydroxylation is 1. The topological polar surface area (TPSA) is 94.2 Å². The van der Waals surface area contributed by atoms with E-state index in [4.69, 9.17) is 14.2 Å². The maximum absolute atomic E-state index is 13.1. The molecule has 1 saturated heterocycles. The van der Waals surface area contributed by atoms with Crippen LogP contribution in [-0.4, -0.2) is 38.2 Å². The molecule has 0 spiro atoms. The number of urea groups is 1. The molecule has 0 bridgehead atoms. The second-order valence-corrected chi connectivity index (χ2v) is 9.28. The Balaban J connectivity index is 1.43. The number of anilines is 1. The standard InChI is InChI=1S/C31H32N2O6/c1-5-21(3)23-10-12-25(13-11-23)38-15-16-39-27-14-9-22(19-28(27)37-4)18-26-29(34)32-31(36)33(30(26)35)24-8-6-7-20(2)17-24/h6-14,17-19,21H,5,15-16H2,1-4H3,(H,32,34,36)/b26-18-. The van der Waals surface area contributed by atoms with Gasteiger partial charge in [0.2, 0.25) is 0 Å². The van der Waals surface area contributed by atoms with Crippen LogP contribution in [0.5, 0.6) is 17.2 Å². The van der Waals surface area contributed by atoms with Gasteiger partial charge in [-0.15, -0.1) is 0 Å². The van der Waals surface area contributed by atoms with Gasteiger partial charge in [0, 0.05) is 0 Å². The fourth-order valence-electron chi connectivity index (χ4n) is 4.16. The van der Waals surface area contributed by atoms with Gasteiger partial charge < -0.3 is 14.2 Å². The third kappa shape index (κ3) is 6.46. The highest BCUT2D eigenvalue weighted by Crippen LogP contribution is 2.30. The van der Waals surface area contributed by atoms with Crippen LogP contribution in [-0.2, 0) is 9.59 Å². The molecule has 8 nitrogen and oxygen atoms in total. The molecular weight excluding hydrogens is 496 g/mol. The molecular formula is C31H32N2O6. The van der Waals surface area contributed by atoms with Crippen molar-refractivity contribution in [3.8, 4) is 17.2 Å². The lowest BCUT2D eigenvalue weighted by Gasteiger charge is -2.26. The number of imide groups is 2. The van der Waals surface area contributed by atoms with E-state index in [1.54, 1.807) is 36.4 Å². The summed E-state index contributed by atoms with van der Waals surface area (Å²) in [5.74, 6) is 0.733. The molecule has 39 heavy (non-hydrogen) atoms. The van der Waals surface area contributed by atoms with Gasteiger partial charge in [-0.1, -0.05) is 44.2 Å². The Morgan fingerprint density at radius 2 is 1.67 bits per heavy atom. The molecule has 0 saturated carbocycles. The van der Waals surface area contributed by atoms with Crippen molar-refractivity contribution in [3.05, 3.63) is 89.0 Å². The molecule has 3 aromatic carbocycles. The van der Waals surface area contributed by atoms with E-state index in [1.165, 1.54) is 18.7 Å². The number of hydrogen-bond acceptors (Lipinski definition) is 6. The molecule has 202 valence electrons. The molecule has 3 aromatic rings. The van der Waals surface area contributed by atoms with Gasteiger partial charge in [-0.25, -0.2) is 9.69 Å². The monoisotopic (exact) mass is 528 g/mol. The average Bonchev–Trinajstić information content (AvgIpc) is 2.93. The Hall–Kier alpha value is -4.59. The molecule has 1 aliphatic rings. The lowest BCUT2D eigenvalue weighted by atomic mass is 9.99. The lowest BCUT2D eigenvalue weighted by molar-refractivity contribution is -0.122. The second-order valence-electron chi connectivity index (χ2n) is 9.28. The van der Waals surface area contributed by atoms with E-state index in [0.717, 1.165) is 22.6 Å². The summed E-state index contributed by atoms with van der Waals surface area (Å²) in [5, 5.41) is 2.24. The largest absolute Gasteiger partial charge is 0.493 e. The fraction of sp³-hybridized carbons (Fsp3) is 0.258. The van der Waals surface area contributed by atoms with Crippen LogP contribution in [0, 0.1) is 6.92 Å². The first kappa shape index (κ1) is 27.4. The van der Waals surface area contributed by atoms with Gasteiger partial charge >= 0.3 is 6.03 Å². The van der Waals surface area contributed by atoms with Crippen LogP contribution >= 0.6 is 0 Å². The van der Waals surface area contributed by atoms with Gasteiger partial charge in [0.15, 0.2) is 11.5 Å².